The van der Waals surface area contributed by atoms with E-state index in [4.69, 9.17) is 9.47 Å². The molecule has 29 heavy (non-hydrogen) atoms. The van der Waals surface area contributed by atoms with E-state index in [-0.39, 0.29) is 29.7 Å². The Labute approximate surface area is 187 Å². The van der Waals surface area contributed by atoms with Crippen LogP contribution >= 0.6 is 24.0 Å². The van der Waals surface area contributed by atoms with E-state index in [2.05, 4.69) is 25.4 Å². The van der Waals surface area contributed by atoms with Crippen LogP contribution < -0.4 is 20.1 Å². The summed E-state index contributed by atoms with van der Waals surface area (Å²) in [6.07, 6.45) is 0. The van der Waals surface area contributed by atoms with Gasteiger partial charge >= 0.3 is 6.61 Å². The molecule has 0 amide bonds. The van der Waals surface area contributed by atoms with E-state index >= 15 is 0 Å². The second-order valence-electron chi connectivity index (χ2n) is 6.85. The second-order valence-corrected chi connectivity index (χ2v) is 6.85. The number of nitrogens with one attached hydrogen (secondary N) is 2. The van der Waals surface area contributed by atoms with Gasteiger partial charge in [0.05, 0.1) is 6.61 Å². The quantitative estimate of drug-likeness (QED) is 0.308. The minimum absolute atomic E-state index is 0. The molecule has 3 aliphatic rings. The molecule has 3 saturated heterocycles. The van der Waals surface area contributed by atoms with Crippen molar-refractivity contribution >= 4 is 29.9 Å². The van der Waals surface area contributed by atoms with Gasteiger partial charge in [0.15, 0.2) is 17.5 Å². The summed E-state index contributed by atoms with van der Waals surface area (Å²) in [6, 6.07) is 5.58. The average Bonchev–Trinajstić information content (AvgIpc) is 2.71. The number of nitrogens with zero attached hydrogens (tertiary/aromatic N) is 3. The Bertz CT molecular complexity index is 672. The molecule has 2 N–H and O–H groups in total. The third-order valence-corrected chi connectivity index (χ3v) is 5.13. The smallest absolute Gasteiger partial charge is 0.387 e. The van der Waals surface area contributed by atoms with Crippen molar-refractivity contribution in [3.63, 3.8) is 0 Å². The van der Waals surface area contributed by atoms with E-state index in [0.717, 1.165) is 39.3 Å². The summed E-state index contributed by atoms with van der Waals surface area (Å²) in [6.45, 7) is 5.91. The maximum Gasteiger partial charge on any atom is 0.387 e. The van der Waals surface area contributed by atoms with Gasteiger partial charge in [-0.05, 0) is 13.0 Å². The van der Waals surface area contributed by atoms with Crippen molar-refractivity contribution in [3.05, 3.63) is 23.8 Å². The van der Waals surface area contributed by atoms with Gasteiger partial charge in [-0.3, -0.25) is 14.8 Å². The van der Waals surface area contributed by atoms with Crippen molar-refractivity contribution in [1.82, 2.24) is 20.4 Å². The summed E-state index contributed by atoms with van der Waals surface area (Å²) in [4.78, 5) is 9.22. The van der Waals surface area contributed by atoms with Gasteiger partial charge in [-0.1, -0.05) is 12.1 Å². The largest absolute Gasteiger partial charge is 0.490 e. The lowest BCUT2D eigenvalue weighted by Crippen LogP contribution is -2.63. The lowest BCUT2D eigenvalue weighted by Gasteiger charge is -2.47. The Morgan fingerprint density at radius 1 is 1.24 bits per heavy atom. The second kappa shape index (κ2) is 11.7. The lowest BCUT2D eigenvalue weighted by atomic mass is 10.1. The number of hydrogen-bond acceptors (Lipinski definition) is 5. The molecule has 2 bridgehead atoms. The molecule has 4 rings (SSSR count). The number of benzene rings is 1. The van der Waals surface area contributed by atoms with E-state index in [1.54, 1.807) is 32.2 Å². The van der Waals surface area contributed by atoms with Gasteiger partial charge < -0.3 is 20.1 Å². The highest BCUT2D eigenvalue weighted by atomic mass is 127. The fourth-order valence-corrected chi connectivity index (χ4v) is 3.72. The third kappa shape index (κ3) is 6.54. The van der Waals surface area contributed by atoms with Gasteiger partial charge in [-0.2, -0.15) is 8.78 Å². The van der Waals surface area contributed by atoms with Crippen LogP contribution in [0, 0.1) is 0 Å². The Kier molecular flexibility index (Phi) is 9.63. The number of halogens is 3. The fourth-order valence-electron chi connectivity index (χ4n) is 3.72. The number of para-hydroxylation sites is 1. The van der Waals surface area contributed by atoms with E-state index < -0.39 is 6.61 Å². The highest BCUT2D eigenvalue weighted by molar-refractivity contribution is 14.0. The summed E-state index contributed by atoms with van der Waals surface area (Å²) < 4.78 is 35.8. The summed E-state index contributed by atoms with van der Waals surface area (Å²) in [5, 5.41) is 6.52. The predicted molar refractivity (Wildman–Crippen MR) is 120 cm³/mol. The van der Waals surface area contributed by atoms with Crippen LogP contribution in [0.15, 0.2) is 23.2 Å². The molecule has 0 radical (unpaired) electrons. The van der Waals surface area contributed by atoms with Gasteiger partial charge in [0, 0.05) is 64.5 Å². The number of rotatable bonds is 8. The van der Waals surface area contributed by atoms with Gasteiger partial charge in [0.2, 0.25) is 0 Å². The van der Waals surface area contributed by atoms with Crippen molar-refractivity contribution in [2.75, 3.05) is 52.9 Å². The zero-order valence-electron chi connectivity index (χ0n) is 16.9. The molecule has 3 fully saturated rings. The van der Waals surface area contributed by atoms with Crippen LogP contribution in [0.5, 0.6) is 11.5 Å². The monoisotopic (exact) mass is 525 g/mol. The first-order chi connectivity index (χ1) is 13.6. The molecule has 1 aromatic rings. The molecule has 7 nitrogen and oxygen atoms in total. The van der Waals surface area contributed by atoms with E-state index in [1.165, 1.54) is 0 Å². The van der Waals surface area contributed by atoms with Crippen LogP contribution in [0.4, 0.5) is 8.78 Å². The van der Waals surface area contributed by atoms with Crippen molar-refractivity contribution in [2.24, 2.45) is 4.99 Å². The third-order valence-electron chi connectivity index (χ3n) is 5.13. The highest BCUT2D eigenvalue weighted by Gasteiger charge is 2.31. The molecule has 0 aliphatic carbocycles. The SMILES string of the molecule is CCOc1cccc(CNC(=NC)NCC2CN3CCN2CC3)c1OC(F)F.I. The molecule has 0 spiro atoms. The highest BCUT2D eigenvalue weighted by Crippen LogP contribution is 2.32. The standard InChI is InChI=1S/C19H29F2N5O2.HI/c1-3-27-16-6-4-5-14(17(16)28-18(20)21)11-23-19(22-2)24-12-15-13-25-7-9-26(15)10-8-25;/h4-6,15,18H,3,7-13H2,1-2H3,(H2,22,23,24);1H. The van der Waals surface area contributed by atoms with Crippen LogP contribution in [-0.2, 0) is 6.54 Å². The predicted octanol–water partition coefficient (Wildman–Crippen LogP) is 1.97. The molecule has 3 heterocycles. The minimum Gasteiger partial charge on any atom is -0.490 e. The van der Waals surface area contributed by atoms with Gasteiger partial charge in [0.25, 0.3) is 0 Å². The van der Waals surface area contributed by atoms with Crippen LogP contribution in [0.3, 0.4) is 0 Å². The molecular weight excluding hydrogens is 495 g/mol. The minimum atomic E-state index is -2.91. The maximum absolute atomic E-state index is 12.8. The summed E-state index contributed by atoms with van der Waals surface area (Å²) in [7, 11) is 1.69. The van der Waals surface area contributed by atoms with Crippen molar-refractivity contribution < 1.29 is 18.3 Å². The summed E-state index contributed by atoms with van der Waals surface area (Å²) in [5.74, 6) is 0.999. The molecule has 10 heteroatoms. The maximum atomic E-state index is 12.8. The molecule has 3 aliphatic heterocycles. The average molecular weight is 525 g/mol. The normalized spacial score (nSPS) is 23.5. The fraction of sp³-hybridized carbons (Fsp3) is 0.632. The first-order valence-electron chi connectivity index (χ1n) is 9.71. The lowest BCUT2D eigenvalue weighted by molar-refractivity contribution is -0.0520. The first kappa shape index (κ1) is 23.9. The van der Waals surface area contributed by atoms with Gasteiger partial charge in [-0.15, -0.1) is 24.0 Å². The van der Waals surface area contributed by atoms with Gasteiger partial charge in [-0.25, -0.2) is 0 Å². The number of aliphatic imine (C=N–C) groups is 1. The number of piperazine rings is 3. The molecule has 1 unspecified atom stereocenters. The topological polar surface area (TPSA) is 61.4 Å². The molecule has 164 valence electrons. The van der Waals surface area contributed by atoms with E-state index in [0.29, 0.717) is 36.5 Å². The number of ether oxygens (including phenoxy) is 2. The molecular formula is C19H30F2IN5O2. The molecule has 1 atom stereocenters. The first-order valence-corrected chi connectivity index (χ1v) is 9.71. The molecule has 0 aromatic heterocycles. The van der Waals surface area contributed by atoms with Crippen LogP contribution in [0.1, 0.15) is 12.5 Å². The van der Waals surface area contributed by atoms with E-state index in [1.807, 2.05) is 0 Å². The number of alkyl halides is 2. The van der Waals surface area contributed by atoms with Crippen molar-refractivity contribution in [2.45, 2.75) is 26.1 Å². The molecule has 0 saturated carbocycles. The van der Waals surface area contributed by atoms with Crippen LogP contribution in [-0.4, -0.2) is 81.3 Å². The summed E-state index contributed by atoms with van der Waals surface area (Å²) in [5.41, 5.74) is 0.584. The van der Waals surface area contributed by atoms with Crippen molar-refractivity contribution in [1.29, 1.82) is 0 Å². The summed E-state index contributed by atoms with van der Waals surface area (Å²) >= 11 is 0. The van der Waals surface area contributed by atoms with Crippen molar-refractivity contribution in [3.8, 4) is 11.5 Å². The number of fused-ring (bicyclic) bond motifs is 3. The van der Waals surface area contributed by atoms with E-state index in [9.17, 15) is 8.78 Å². The number of hydrogen-bond donors (Lipinski definition) is 2. The Morgan fingerprint density at radius 3 is 2.59 bits per heavy atom. The van der Waals surface area contributed by atoms with Crippen LogP contribution in [0.25, 0.3) is 0 Å². The molecule has 1 aromatic carbocycles. The Hall–Kier alpha value is -1.40. The zero-order chi connectivity index (χ0) is 19.9. The van der Waals surface area contributed by atoms with Crippen LogP contribution in [0.2, 0.25) is 0 Å². The number of guanidine groups is 1. The zero-order valence-corrected chi connectivity index (χ0v) is 19.2. The van der Waals surface area contributed by atoms with Gasteiger partial charge in [0.1, 0.15) is 0 Å². The Morgan fingerprint density at radius 2 is 2.00 bits per heavy atom. The Balaban J connectivity index is 0.00000300.